The summed E-state index contributed by atoms with van der Waals surface area (Å²) in [5.41, 5.74) is 0.863. The average molecular weight is 300 g/mol. The lowest BCUT2D eigenvalue weighted by atomic mass is 10.2. The molecule has 0 radical (unpaired) electrons. The van der Waals surface area contributed by atoms with Crippen LogP contribution in [-0.2, 0) is 0 Å². The van der Waals surface area contributed by atoms with E-state index >= 15 is 0 Å². The van der Waals surface area contributed by atoms with Gasteiger partial charge < -0.3 is 10.1 Å². The van der Waals surface area contributed by atoms with E-state index < -0.39 is 0 Å². The minimum Gasteiger partial charge on any atom is -0.497 e. The number of anilines is 2. The number of ether oxygens (including phenoxy) is 1. The molecule has 6 heteroatoms. The molecule has 0 unspecified atom stereocenters. The average Bonchev–Trinajstić information content (AvgIpc) is 2.85. The van der Waals surface area contributed by atoms with E-state index in [1.165, 1.54) is 11.3 Å². The van der Waals surface area contributed by atoms with E-state index in [2.05, 4.69) is 5.32 Å². The fourth-order valence-electron chi connectivity index (χ4n) is 2.13. The molecule has 0 aliphatic carbocycles. The second kappa shape index (κ2) is 5.41. The van der Waals surface area contributed by atoms with Crippen LogP contribution in [0.5, 0.6) is 5.75 Å². The third kappa shape index (κ3) is 2.53. The standard InChI is InChI=1S/C15H12N2O3S/c1-20-11-6-4-5-10(9-11)16-15-14(17(18)19)12-7-2-3-8-13(12)21-15/h2-9,16H,1H3. The van der Waals surface area contributed by atoms with E-state index in [1.807, 2.05) is 30.3 Å². The largest absolute Gasteiger partial charge is 0.497 e. The van der Waals surface area contributed by atoms with Crippen molar-refractivity contribution in [3.63, 3.8) is 0 Å². The fraction of sp³-hybridized carbons (Fsp3) is 0.0667. The fourth-order valence-corrected chi connectivity index (χ4v) is 3.22. The molecule has 3 aromatic rings. The van der Waals surface area contributed by atoms with Gasteiger partial charge in [-0.1, -0.05) is 18.2 Å². The highest BCUT2D eigenvalue weighted by Crippen LogP contribution is 2.43. The lowest BCUT2D eigenvalue weighted by Gasteiger charge is -2.05. The normalized spacial score (nSPS) is 10.5. The first kappa shape index (κ1) is 13.4. The maximum Gasteiger partial charge on any atom is 0.311 e. The predicted octanol–water partition coefficient (Wildman–Crippen LogP) is 4.56. The molecule has 0 bridgehead atoms. The van der Waals surface area contributed by atoms with Gasteiger partial charge in [0, 0.05) is 16.5 Å². The number of methoxy groups -OCH3 is 1. The molecule has 1 N–H and O–H groups in total. The van der Waals surface area contributed by atoms with E-state index in [0.29, 0.717) is 16.1 Å². The molecule has 0 aliphatic rings. The minimum atomic E-state index is -0.346. The van der Waals surface area contributed by atoms with Gasteiger partial charge in [-0.15, -0.1) is 11.3 Å². The van der Waals surface area contributed by atoms with Crippen LogP contribution in [0.25, 0.3) is 10.1 Å². The Morgan fingerprint density at radius 2 is 2.00 bits per heavy atom. The maximum atomic E-state index is 11.4. The monoisotopic (exact) mass is 300 g/mol. The van der Waals surface area contributed by atoms with Crippen LogP contribution < -0.4 is 10.1 Å². The summed E-state index contributed by atoms with van der Waals surface area (Å²) in [4.78, 5) is 11.0. The molecule has 106 valence electrons. The highest BCUT2D eigenvalue weighted by molar-refractivity contribution is 7.23. The quantitative estimate of drug-likeness (QED) is 0.566. The molecule has 0 spiro atoms. The zero-order valence-corrected chi connectivity index (χ0v) is 12.0. The highest BCUT2D eigenvalue weighted by Gasteiger charge is 2.22. The summed E-state index contributed by atoms with van der Waals surface area (Å²) < 4.78 is 6.04. The van der Waals surface area contributed by atoms with Crippen molar-refractivity contribution in [1.29, 1.82) is 0 Å². The summed E-state index contributed by atoms with van der Waals surface area (Å²) in [6.45, 7) is 0. The number of nitrogens with zero attached hydrogens (tertiary/aromatic N) is 1. The van der Waals surface area contributed by atoms with Crippen LogP contribution in [-0.4, -0.2) is 12.0 Å². The number of rotatable bonds is 4. The summed E-state index contributed by atoms with van der Waals surface area (Å²) in [7, 11) is 1.58. The predicted molar refractivity (Wildman–Crippen MR) is 84.8 cm³/mol. The highest BCUT2D eigenvalue weighted by atomic mass is 32.1. The molecule has 21 heavy (non-hydrogen) atoms. The van der Waals surface area contributed by atoms with E-state index in [-0.39, 0.29) is 10.6 Å². The summed E-state index contributed by atoms with van der Waals surface area (Å²) in [6.07, 6.45) is 0. The Kier molecular flexibility index (Phi) is 3.45. The first-order valence-corrected chi connectivity index (χ1v) is 7.07. The van der Waals surface area contributed by atoms with Crippen LogP contribution in [0.2, 0.25) is 0 Å². The molecule has 2 aromatic carbocycles. The van der Waals surface area contributed by atoms with E-state index in [1.54, 1.807) is 25.3 Å². The van der Waals surface area contributed by atoms with Crippen molar-refractivity contribution in [3.05, 3.63) is 58.6 Å². The van der Waals surface area contributed by atoms with Gasteiger partial charge in [0.15, 0.2) is 5.00 Å². The summed E-state index contributed by atoms with van der Waals surface area (Å²) in [6, 6.07) is 14.6. The Hall–Kier alpha value is -2.60. The molecule has 0 aliphatic heterocycles. The molecule has 3 rings (SSSR count). The van der Waals surface area contributed by atoms with E-state index in [4.69, 9.17) is 4.74 Å². The lowest BCUT2D eigenvalue weighted by molar-refractivity contribution is -0.381. The number of nitro groups is 1. The zero-order valence-electron chi connectivity index (χ0n) is 11.2. The van der Waals surface area contributed by atoms with Gasteiger partial charge in [-0.3, -0.25) is 10.1 Å². The lowest BCUT2D eigenvalue weighted by Crippen LogP contribution is -1.94. The molecule has 1 aromatic heterocycles. The number of fused-ring (bicyclic) bond motifs is 1. The molecular formula is C15H12N2O3S. The molecule has 5 nitrogen and oxygen atoms in total. The van der Waals surface area contributed by atoms with Crippen LogP contribution in [0.15, 0.2) is 48.5 Å². The first-order valence-electron chi connectivity index (χ1n) is 6.26. The topological polar surface area (TPSA) is 64.4 Å². The zero-order chi connectivity index (χ0) is 14.8. The van der Waals surface area contributed by atoms with Crippen molar-refractivity contribution in [2.24, 2.45) is 0 Å². The molecule has 0 amide bonds. The van der Waals surface area contributed by atoms with Crippen LogP contribution >= 0.6 is 11.3 Å². The van der Waals surface area contributed by atoms with Gasteiger partial charge in [0.05, 0.1) is 17.4 Å². The van der Waals surface area contributed by atoms with Gasteiger partial charge in [-0.25, -0.2) is 0 Å². The Morgan fingerprint density at radius 3 is 2.76 bits per heavy atom. The second-order valence-electron chi connectivity index (χ2n) is 4.39. The van der Waals surface area contributed by atoms with Crippen molar-refractivity contribution in [1.82, 2.24) is 0 Å². The van der Waals surface area contributed by atoms with Gasteiger partial charge in [0.1, 0.15) is 5.75 Å². The second-order valence-corrected chi connectivity index (χ2v) is 5.44. The SMILES string of the molecule is COc1cccc(Nc2sc3ccccc3c2[N+](=O)[O-])c1. The van der Waals surface area contributed by atoms with Crippen molar-refractivity contribution < 1.29 is 9.66 Å². The molecule has 0 saturated carbocycles. The smallest absolute Gasteiger partial charge is 0.311 e. The Bertz CT molecular complexity index is 814. The number of hydrogen-bond acceptors (Lipinski definition) is 5. The third-order valence-corrected chi connectivity index (χ3v) is 4.15. The molecule has 0 saturated heterocycles. The number of hydrogen-bond donors (Lipinski definition) is 1. The van der Waals surface area contributed by atoms with Gasteiger partial charge >= 0.3 is 5.69 Å². The number of thiophene rings is 1. The van der Waals surface area contributed by atoms with Crippen LogP contribution in [0.3, 0.4) is 0 Å². The number of nitrogens with one attached hydrogen (secondary N) is 1. The van der Waals surface area contributed by atoms with Crippen LogP contribution in [0.4, 0.5) is 16.4 Å². The van der Waals surface area contributed by atoms with E-state index in [9.17, 15) is 10.1 Å². The van der Waals surface area contributed by atoms with Gasteiger partial charge in [0.2, 0.25) is 0 Å². The third-order valence-electron chi connectivity index (χ3n) is 3.08. The van der Waals surface area contributed by atoms with Crippen LogP contribution in [0, 0.1) is 10.1 Å². The first-order chi connectivity index (χ1) is 10.2. The van der Waals surface area contributed by atoms with Gasteiger partial charge in [0.25, 0.3) is 0 Å². The van der Waals surface area contributed by atoms with Gasteiger partial charge in [-0.05, 0) is 24.3 Å². The molecular weight excluding hydrogens is 288 g/mol. The summed E-state index contributed by atoms with van der Waals surface area (Å²) in [5.74, 6) is 0.698. The van der Waals surface area contributed by atoms with Crippen LogP contribution in [0.1, 0.15) is 0 Å². The van der Waals surface area contributed by atoms with Crippen molar-refractivity contribution in [2.75, 3.05) is 12.4 Å². The molecule has 0 atom stereocenters. The summed E-state index contributed by atoms with van der Waals surface area (Å²) in [5, 5.41) is 15.6. The number of benzene rings is 2. The Labute approximate surface area is 124 Å². The van der Waals surface area contributed by atoms with Crippen molar-refractivity contribution in [2.45, 2.75) is 0 Å². The van der Waals surface area contributed by atoms with E-state index in [0.717, 1.165) is 10.4 Å². The molecule has 0 fully saturated rings. The summed E-state index contributed by atoms with van der Waals surface area (Å²) >= 11 is 1.37. The Morgan fingerprint density at radius 1 is 1.19 bits per heavy atom. The maximum absolute atomic E-state index is 11.4. The van der Waals surface area contributed by atoms with Crippen molar-refractivity contribution in [3.8, 4) is 5.75 Å². The molecule has 1 heterocycles. The van der Waals surface area contributed by atoms with Gasteiger partial charge in [-0.2, -0.15) is 0 Å². The minimum absolute atomic E-state index is 0.110. The Balaban J connectivity index is 2.07. The van der Waals surface area contributed by atoms with Crippen molar-refractivity contribution >= 4 is 37.8 Å².